The minimum Gasteiger partial charge on any atom is -0.492 e. The summed E-state index contributed by atoms with van der Waals surface area (Å²) < 4.78 is 5.39. The van der Waals surface area contributed by atoms with Crippen molar-refractivity contribution in [3.05, 3.63) is 59.2 Å². The summed E-state index contributed by atoms with van der Waals surface area (Å²) in [6.45, 7) is 6.47. The van der Waals surface area contributed by atoms with Crippen LogP contribution in [0.5, 0.6) is 5.75 Å². The first kappa shape index (κ1) is 16.6. The Kier molecular flexibility index (Phi) is 5.41. The van der Waals surface area contributed by atoms with Gasteiger partial charge in [0.15, 0.2) is 0 Å². The highest BCUT2D eigenvalue weighted by atomic mass is 16.5. The quantitative estimate of drug-likeness (QED) is 0.649. The molecule has 0 saturated carbocycles. The molecule has 4 nitrogen and oxygen atoms in total. The molecule has 0 fully saturated rings. The van der Waals surface area contributed by atoms with Crippen LogP contribution in [0.4, 0.5) is 11.4 Å². The van der Waals surface area contributed by atoms with E-state index in [-0.39, 0.29) is 5.91 Å². The molecule has 0 aliphatic carbocycles. The lowest BCUT2D eigenvalue weighted by Crippen LogP contribution is -2.08. The third kappa shape index (κ3) is 4.61. The zero-order valence-corrected chi connectivity index (χ0v) is 13.7. The SMILES string of the molecule is CCOc1ccc(/C=C\C(=O)Nc2ccc(C)cc2C)cc1N. The van der Waals surface area contributed by atoms with Crippen LogP contribution < -0.4 is 15.8 Å². The van der Waals surface area contributed by atoms with Gasteiger partial charge in [0.1, 0.15) is 5.75 Å². The third-order valence-electron chi connectivity index (χ3n) is 3.40. The molecule has 0 radical (unpaired) electrons. The number of aryl methyl sites for hydroxylation is 2. The molecular weight excluding hydrogens is 288 g/mol. The van der Waals surface area contributed by atoms with Gasteiger partial charge in [-0.15, -0.1) is 0 Å². The standard InChI is InChI=1S/C19H22N2O2/c1-4-23-18-9-6-15(12-16(18)20)7-10-19(22)21-17-8-5-13(2)11-14(17)3/h5-12H,4,20H2,1-3H3,(H,21,22)/b10-7-. The summed E-state index contributed by atoms with van der Waals surface area (Å²) in [5.74, 6) is 0.480. The van der Waals surface area contributed by atoms with Crippen molar-refractivity contribution >= 4 is 23.4 Å². The van der Waals surface area contributed by atoms with Crippen molar-refractivity contribution in [3.63, 3.8) is 0 Å². The molecule has 1 amide bonds. The predicted molar refractivity (Wildman–Crippen MR) is 95.6 cm³/mol. The van der Waals surface area contributed by atoms with Crippen LogP contribution >= 0.6 is 0 Å². The number of benzene rings is 2. The van der Waals surface area contributed by atoms with Crippen LogP contribution in [-0.4, -0.2) is 12.5 Å². The first-order valence-electron chi connectivity index (χ1n) is 7.58. The molecule has 0 atom stereocenters. The number of ether oxygens (including phenoxy) is 1. The molecule has 2 aromatic carbocycles. The van der Waals surface area contributed by atoms with E-state index < -0.39 is 0 Å². The van der Waals surface area contributed by atoms with E-state index in [1.807, 2.05) is 45.0 Å². The van der Waals surface area contributed by atoms with Gasteiger partial charge in [-0.25, -0.2) is 0 Å². The number of anilines is 2. The number of nitrogens with two attached hydrogens (primary N) is 1. The summed E-state index contributed by atoms with van der Waals surface area (Å²) in [6, 6.07) is 11.4. The number of hydrogen-bond donors (Lipinski definition) is 2. The van der Waals surface area contributed by atoms with Crippen LogP contribution in [0, 0.1) is 13.8 Å². The Labute approximate surface area is 137 Å². The molecule has 120 valence electrons. The fraction of sp³-hybridized carbons (Fsp3) is 0.211. The third-order valence-corrected chi connectivity index (χ3v) is 3.40. The molecular formula is C19H22N2O2. The lowest BCUT2D eigenvalue weighted by atomic mass is 10.1. The molecule has 2 aromatic rings. The largest absolute Gasteiger partial charge is 0.492 e. The number of carbonyl (C=O) groups is 1. The van der Waals surface area contributed by atoms with Gasteiger partial charge in [0.05, 0.1) is 12.3 Å². The Morgan fingerprint density at radius 3 is 2.65 bits per heavy atom. The van der Waals surface area contributed by atoms with Crippen LogP contribution in [0.15, 0.2) is 42.5 Å². The highest BCUT2D eigenvalue weighted by molar-refractivity contribution is 6.02. The Hall–Kier alpha value is -2.75. The first-order chi connectivity index (χ1) is 11.0. The lowest BCUT2D eigenvalue weighted by molar-refractivity contribution is -0.111. The van der Waals surface area contributed by atoms with Crippen LogP contribution in [-0.2, 0) is 4.79 Å². The smallest absolute Gasteiger partial charge is 0.248 e. The van der Waals surface area contributed by atoms with Gasteiger partial charge in [0, 0.05) is 11.8 Å². The first-order valence-corrected chi connectivity index (χ1v) is 7.58. The molecule has 0 aromatic heterocycles. The van der Waals surface area contributed by atoms with Crippen molar-refractivity contribution in [3.8, 4) is 5.75 Å². The highest BCUT2D eigenvalue weighted by Crippen LogP contribution is 2.23. The molecule has 0 saturated heterocycles. The predicted octanol–water partition coefficient (Wildman–Crippen LogP) is 3.94. The normalized spacial score (nSPS) is 10.7. The Bertz CT molecular complexity index is 736. The monoisotopic (exact) mass is 310 g/mol. The Morgan fingerprint density at radius 2 is 2.00 bits per heavy atom. The van der Waals surface area contributed by atoms with Gasteiger partial charge >= 0.3 is 0 Å². The molecule has 0 aliphatic heterocycles. The molecule has 3 N–H and O–H groups in total. The minimum atomic E-state index is -0.176. The van der Waals surface area contributed by atoms with Crippen LogP contribution in [0.1, 0.15) is 23.6 Å². The topological polar surface area (TPSA) is 64.3 Å². The minimum absolute atomic E-state index is 0.176. The number of rotatable bonds is 5. The summed E-state index contributed by atoms with van der Waals surface area (Å²) in [4.78, 5) is 12.0. The maximum atomic E-state index is 12.0. The van der Waals surface area contributed by atoms with Gasteiger partial charge < -0.3 is 15.8 Å². The Morgan fingerprint density at radius 1 is 1.22 bits per heavy atom. The van der Waals surface area contributed by atoms with E-state index in [0.717, 1.165) is 16.8 Å². The van der Waals surface area contributed by atoms with E-state index >= 15 is 0 Å². The molecule has 0 aliphatic rings. The van der Waals surface area contributed by atoms with E-state index in [1.54, 1.807) is 18.2 Å². The summed E-state index contributed by atoms with van der Waals surface area (Å²) in [7, 11) is 0. The van der Waals surface area contributed by atoms with E-state index in [0.29, 0.717) is 18.0 Å². The zero-order valence-electron chi connectivity index (χ0n) is 13.7. The average molecular weight is 310 g/mol. The number of nitrogen functional groups attached to an aromatic ring is 1. The number of hydrogen-bond acceptors (Lipinski definition) is 3. The van der Waals surface area contributed by atoms with Crippen LogP contribution in [0.2, 0.25) is 0 Å². The van der Waals surface area contributed by atoms with Gasteiger partial charge in [-0.1, -0.05) is 23.8 Å². The number of amides is 1. The number of carbonyl (C=O) groups excluding carboxylic acids is 1. The molecule has 0 spiro atoms. The highest BCUT2D eigenvalue weighted by Gasteiger charge is 2.03. The fourth-order valence-corrected chi connectivity index (χ4v) is 2.26. The van der Waals surface area contributed by atoms with Gasteiger partial charge in [-0.05, 0) is 56.2 Å². The second-order valence-corrected chi connectivity index (χ2v) is 5.37. The van der Waals surface area contributed by atoms with E-state index in [2.05, 4.69) is 5.32 Å². The molecule has 4 heteroatoms. The van der Waals surface area contributed by atoms with Gasteiger partial charge in [0.25, 0.3) is 0 Å². The van der Waals surface area contributed by atoms with Crippen molar-refractivity contribution in [2.24, 2.45) is 0 Å². The van der Waals surface area contributed by atoms with Gasteiger partial charge in [-0.2, -0.15) is 0 Å². The zero-order chi connectivity index (χ0) is 16.8. The van der Waals surface area contributed by atoms with Crippen molar-refractivity contribution in [2.75, 3.05) is 17.7 Å². The van der Waals surface area contributed by atoms with Gasteiger partial charge in [0.2, 0.25) is 5.91 Å². The van der Waals surface area contributed by atoms with Crippen molar-refractivity contribution < 1.29 is 9.53 Å². The Balaban J connectivity index is 2.04. The summed E-state index contributed by atoms with van der Waals surface area (Å²) >= 11 is 0. The summed E-state index contributed by atoms with van der Waals surface area (Å²) in [5, 5.41) is 2.87. The van der Waals surface area contributed by atoms with Crippen molar-refractivity contribution in [2.45, 2.75) is 20.8 Å². The molecule has 0 bridgehead atoms. The second kappa shape index (κ2) is 7.49. The van der Waals surface area contributed by atoms with Crippen molar-refractivity contribution in [1.82, 2.24) is 0 Å². The molecule has 2 rings (SSSR count). The van der Waals surface area contributed by atoms with E-state index in [4.69, 9.17) is 10.5 Å². The summed E-state index contributed by atoms with van der Waals surface area (Å²) in [6.07, 6.45) is 3.22. The molecule has 0 heterocycles. The van der Waals surface area contributed by atoms with Gasteiger partial charge in [-0.3, -0.25) is 4.79 Å². The van der Waals surface area contributed by atoms with E-state index in [9.17, 15) is 4.79 Å². The van der Waals surface area contributed by atoms with Crippen molar-refractivity contribution in [1.29, 1.82) is 0 Å². The lowest BCUT2D eigenvalue weighted by Gasteiger charge is -2.08. The van der Waals surface area contributed by atoms with E-state index in [1.165, 1.54) is 11.6 Å². The summed E-state index contributed by atoms with van der Waals surface area (Å²) in [5.41, 5.74) is 10.3. The molecule has 23 heavy (non-hydrogen) atoms. The average Bonchev–Trinajstić information content (AvgIpc) is 2.51. The number of nitrogens with one attached hydrogen (secondary N) is 1. The fourth-order valence-electron chi connectivity index (χ4n) is 2.26. The second-order valence-electron chi connectivity index (χ2n) is 5.37. The van der Waals surface area contributed by atoms with Crippen LogP contribution in [0.25, 0.3) is 6.08 Å². The maximum absolute atomic E-state index is 12.0. The van der Waals surface area contributed by atoms with Crippen LogP contribution in [0.3, 0.4) is 0 Å². The molecule has 0 unspecified atom stereocenters. The maximum Gasteiger partial charge on any atom is 0.248 e.